The molecule has 0 spiro atoms. The van der Waals surface area contributed by atoms with E-state index in [1.54, 1.807) is 14.2 Å². The Kier molecular flexibility index (Phi) is 7.15. The van der Waals surface area contributed by atoms with E-state index < -0.39 is 0 Å². The summed E-state index contributed by atoms with van der Waals surface area (Å²) in [5.74, 6) is 1.42. The zero-order valence-electron chi connectivity index (χ0n) is 18.3. The van der Waals surface area contributed by atoms with Crippen molar-refractivity contribution in [2.24, 2.45) is 0 Å². The molecule has 0 aliphatic rings. The van der Waals surface area contributed by atoms with Gasteiger partial charge in [-0.3, -0.25) is 0 Å². The van der Waals surface area contributed by atoms with Crippen LogP contribution in [0.5, 0.6) is 11.5 Å². The minimum absolute atomic E-state index is 0.473. The van der Waals surface area contributed by atoms with Crippen molar-refractivity contribution < 1.29 is 14.2 Å². The van der Waals surface area contributed by atoms with Gasteiger partial charge < -0.3 is 18.8 Å². The van der Waals surface area contributed by atoms with Gasteiger partial charge in [-0.1, -0.05) is 66.2 Å². The molecule has 32 heavy (non-hydrogen) atoms. The second kappa shape index (κ2) is 10.4. The van der Waals surface area contributed by atoms with Gasteiger partial charge in [0.1, 0.15) is 6.61 Å². The standard InChI is InChI=1S/C27H26ClNO3/c1-30-15-14-29-23(13-12-21-10-6-7-11-24(21)28)16-22-17-26(31-2)27(18-25(22)29)32-19-20-8-4-3-5-9-20/h3-13,16-18H,14-15,19H2,1-2H3/b13-12+. The third-order valence-electron chi connectivity index (χ3n) is 5.31. The van der Waals surface area contributed by atoms with Crippen LogP contribution in [0.15, 0.2) is 72.8 Å². The van der Waals surface area contributed by atoms with Gasteiger partial charge in [0, 0.05) is 35.8 Å². The number of hydrogen-bond donors (Lipinski definition) is 0. The molecule has 0 bridgehead atoms. The lowest BCUT2D eigenvalue weighted by Crippen LogP contribution is -2.06. The molecule has 164 valence electrons. The smallest absolute Gasteiger partial charge is 0.163 e. The second-order valence-corrected chi connectivity index (χ2v) is 7.81. The molecule has 0 saturated carbocycles. The van der Waals surface area contributed by atoms with Gasteiger partial charge in [0.05, 0.1) is 19.2 Å². The summed E-state index contributed by atoms with van der Waals surface area (Å²) in [5, 5.41) is 1.80. The van der Waals surface area contributed by atoms with Gasteiger partial charge in [-0.25, -0.2) is 0 Å². The van der Waals surface area contributed by atoms with Gasteiger partial charge >= 0.3 is 0 Å². The molecule has 0 amide bonds. The Morgan fingerprint density at radius 1 is 0.875 bits per heavy atom. The Labute approximate surface area is 193 Å². The van der Waals surface area contributed by atoms with Crippen LogP contribution in [0.4, 0.5) is 0 Å². The van der Waals surface area contributed by atoms with Gasteiger partial charge in [0.2, 0.25) is 0 Å². The van der Waals surface area contributed by atoms with Crippen LogP contribution in [0.1, 0.15) is 16.8 Å². The summed E-state index contributed by atoms with van der Waals surface area (Å²) in [6.45, 7) is 1.79. The number of fused-ring (bicyclic) bond motifs is 1. The molecule has 1 aromatic heterocycles. The first-order valence-corrected chi connectivity index (χ1v) is 10.9. The van der Waals surface area contributed by atoms with Crippen molar-refractivity contribution in [1.82, 2.24) is 4.57 Å². The molecule has 0 aliphatic carbocycles. The second-order valence-electron chi connectivity index (χ2n) is 7.40. The van der Waals surface area contributed by atoms with Crippen LogP contribution in [0.25, 0.3) is 23.1 Å². The molecule has 4 nitrogen and oxygen atoms in total. The fraction of sp³-hybridized carbons (Fsp3) is 0.185. The van der Waals surface area contributed by atoms with Crippen LogP contribution in [0.2, 0.25) is 5.02 Å². The maximum absolute atomic E-state index is 6.33. The maximum atomic E-state index is 6.33. The molecule has 4 aromatic rings. The molecule has 0 aliphatic heterocycles. The molecule has 0 radical (unpaired) electrons. The lowest BCUT2D eigenvalue weighted by Gasteiger charge is -2.13. The summed E-state index contributed by atoms with van der Waals surface area (Å²) >= 11 is 6.33. The summed E-state index contributed by atoms with van der Waals surface area (Å²) in [6.07, 6.45) is 4.11. The molecule has 4 rings (SSSR count). The van der Waals surface area contributed by atoms with Crippen LogP contribution in [-0.4, -0.2) is 25.4 Å². The number of hydrogen-bond acceptors (Lipinski definition) is 3. The normalized spacial score (nSPS) is 11.3. The highest BCUT2D eigenvalue weighted by Gasteiger charge is 2.13. The maximum Gasteiger partial charge on any atom is 0.163 e. The fourth-order valence-corrected chi connectivity index (χ4v) is 3.85. The Balaban J connectivity index is 1.72. The highest BCUT2D eigenvalue weighted by atomic mass is 35.5. The fourth-order valence-electron chi connectivity index (χ4n) is 3.65. The van der Waals surface area contributed by atoms with Crippen LogP contribution in [-0.2, 0) is 17.9 Å². The highest BCUT2D eigenvalue weighted by Crippen LogP contribution is 2.35. The molecule has 0 fully saturated rings. The van der Waals surface area contributed by atoms with Crippen molar-refractivity contribution >= 4 is 34.7 Å². The lowest BCUT2D eigenvalue weighted by atomic mass is 10.2. The first kappa shape index (κ1) is 22.0. The van der Waals surface area contributed by atoms with Gasteiger partial charge in [-0.2, -0.15) is 0 Å². The van der Waals surface area contributed by atoms with E-state index >= 15 is 0 Å². The predicted octanol–water partition coefficient (Wildman–Crippen LogP) is 6.70. The number of benzene rings is 3. The topological polar surface area (TPSA) is 32.6 Å². The molecule has 0 unspecified atom stereocenters. The van der Waals surface area contributed by atoms with Gasteiger partial charge in [-0.15, -0.1) is 0 Å². The van der Waals surface area contributed by atoms with Crippen LogP contribution in [0, 0.1) is 0 Å². The number of rotatable bonds is 9. The number of methoxy groups -OCH3 is 2. The third kappa shape index (κ3) is 4.98. The van der Waals surface area contributed by atoms with Gasteiger partial charge in [0.15, 0.2) is 11.5 Å². The van der Waals surface area contributed by atoms with Crippen molar-refractivity contribution in [3.63, 3.8) is 0 Å². The summed E-state index contributed by atoms with van der Waals surface area (Å²) in [5.41, 5.74) is 4.19. The molecular weight excluding hydrogens is 422 g/mol. The van der Waals surface area contributed by atoms with E-state index in [1.807, 2.05) is 72.8 Å². The number of nitrogens with zero attached hydrogens (tertiary/aromatic N) is 1. The zero-order chi connectivity index (χ0) is 22.3. The van der Waals surface area contributed by atoms with Crippen molar-refractivity contribution in [3.05, 3.63) is 94.6 Å². The zero-order valence-corrected chi connectivity index (χ0v) is 19.0. The summed E-state index contributed by atoms with van der Waals surface area (Å²) < 4.78 is 19.3. The van der Waals surface area contributed by atoms with Crippen LogP contribution in [0.3, 0.4) is 0 Å². The van der Waals surface area contributed by atoms with E-state index in [9.17, 15) is 0 Å². The molecule has 0 N–H and O–H groups in total. The van der Waals surface area contributed by atoms with Crippen molar-refractivity contribution in [2.75, 3.05) is 20.8 Å². The summed E-state index contributed by atoms with van der Waals surface area (Å²) in [4.78, 5) is 0. The molecule has 5 heteroatoms. The van der Waals surface area contributed by atoms with E-state index in [0.29, 0.717) is 31.3 Å². The Hall–Kier alpha value is -3.21. The average molecular weight is 448 g/mol. The Bertz CT molecular complexity index is 1210. The van der Waals surface area contributed by atoms with E-state index in [2.05, 4.69) is 16.7 Å². The monoisotopic (exact) mass is 447 g/mol. The first-order chi connectivity index (χ1) is 15.7. The molecule has 1 heterocycles. The van der Waals surface area contributed by atoms with Crippen LogP contribution >= 0.6 is 11.6 Å². The Morgan fingerprint density at radius 3 is 2.41 bits per heavy atom. The van der Waals surface area contributed by atoms with E-state index in [0.717, 1.165) is 32.7 Å². The number of aromatic nitrogens is 1. The number of halogens is 1. The summed E-state index contributed by atoms with van der Waals surface area (Å²) in [7, 11) is 3.37. The van der Waals surface area contributed by atoms with E-state index in [-0.39, 0.29) is 0 Å². The van der Waals surface area contributed by atoms with Crippen molar-refractivity contribution in [3.8, 4) is 11.5 Å². The van der Waals surface area contributed by atoms with Crippen molar-refractivity contribution in [1.29, 1.82) is 0 Å². The minimum Gasteiger partial charge on any atom is -0.493 e. The summed E-state index contributed by atoms with van der Waals surface area (Å²) in [6, 6.07) is 24.1. The van der Waals surface area contributed by atoms with E-state index in [1.165, 1.54) is 0 Å². The molecule has 0 atom stereocenters. The predicted molar refractivity (Wildman–Crippen MR) is 132 cm³/mol. The largest absolute Gasteiger partial charge is 0.493 e. The Morgan fingerprint density at radius 2 is 1.66 bits per heavy atom. The molecule has 0 saturated heterocycles. The third-order valence-corrected chi connectivity index (χ3v) is 5.66. The SMILES string of the molecule is COCCn1c(/C=C/c2ccccc2Cl)cc2cc(OC)c(OCc3ccccc3)cc21. The van der Waals surface area contributed by atoms with Crippen LogP contribution < -0.4 is 9.47 Å². The molecule has 3 aromatic carbocycles. The average Bonchev–Trinajstić information content (AvgIpc) is 3.16. The number of ether oxygens (including phenoxy) is 3. The minimum atomic E-state index is 0.473. The van der Waals surface area contributed by atoms with Crippen molar-refractivity contribution in [2.45, 2.75) is 13.2 Å². The lowest BCUT2D eigenvalue weighted by molar-refractivity contribution is 0.188. The van der Waals surface area contributed by atoms with E-state index in [4.69, 9.17) is 25.8 Å². The van der Waals surface area contributed by atoms with Gasteiger partial charge in [-0.05, 0) is 35.4 Å². The quantitative estimate of drug-likeness (QED) is 0.286. The highest BCUT2D eigenvalue weighted by molar-refractivity contribution is 6.32. The molecular formula is C27H26ClNO3. The first-order valence-electron chi connectivity index (χ1n) is 10.5. The van der Waals surface area contributed by atoms with Gasteiger partial charge in [0.25, 0.3) is 0 Å².